The first-order valence-electron chi connectivity index (χ1n) is 6.10. The molecule has 6 nitrogen and oxygen atoms in total. The number of nitrogens with zero attached hydrogens (tertiary/aromatic N) is 1. The third kappa shape index (κ3) is 4.93. The second kappa shape index (κ2) is 7.54. The van der Waals surface area contributed by atoms with E-state index in [1.54, 1.807) is 0 Å². The SMILES string of the molecule is CC(C)COCCOC(=O)c1ccc(F)c([N+](=O)[O-])c1. The first-order valence-corrected chi connectivity index (χ1v) is 6.10. The summed E-state index contributed by atoms with van der Waals surface area (Å²) in [5.74, 6) is -1.36. The standard InChI is InChI=1S/C13H16FNO5/c1-9(2)8-19-5-6-20-13(16)10-3-4-11(14)12(7-10)15(17)18/h3-4,7,9H,5-6,8H2,1-2H3. The van der Waals surface area contributed by atoms with Crippen molar-refractivity contribution in [2.24, 2.45) is 5.92 Å². The Morgan fingerprint density at radius 3 is 2.70 bits per heavy atom. The van der Waals surface area contributed by atoms with Crippen molar-refractivity contribution in [3.63, 3.8) is 0 Å². The lowest BCUT2D eigenvalue weighted by Crippen LogP contribution is -2.13. The van der Waals surface area contributed by atoms with E-state index in [1.807, 2.05) is 13.8 Å². The third-order valence-electron chi connectivity index (χ3n) is 2.29. The average molecular weight is 285 g/mol. The van der Waals surface area contributed by atoms with Crippen LogP contribution in [0.15, 0.2) is 18.2 Å². The number of rotatable bonds is 7. The molecule has 7 heteroatoms. The van der Waals surface area contributed by atoms with Crippen LogP contribution in [0.3, 0.4) is 0 Å². The fourth-order valence-electron chi connectivity index (χ4n) is 1.38. The van der Waals surface area contributed by atoms with E-state index < -0.39 is 22.4 Å². The minimum absolute atomic E-state index is 0.0384. The molecule has 0 amide bonds. The Labute approximate surface area is 115 Å². The zero-order chi connectivity index (χ0) is 15.1. The highest BCUT2D eigenvalue weighted by atomic mass is 19.1. The van der Waals surface area contributed by atoms with Crippen molar-refractivity contribution in [1.82, 2.24) is 0 Å². The lowest BCUT2D eigenvalue weighted by molar-refractivity contribution is -0.387. The van der Waals surface area contributed by atoms with Crippen molar-refractivity contribution in [2.45, 2.75) is 13.8 Å². The van der Waals surface area contributed by atoms with Crippen LogP contribution in [0.25, 0.3) is 0 Å². The molecule has 1 rings (SSSR count). The Bertz CT molecular complexity index is 490. The normalized spacial score (nSPS) is 10.6. The Balaban J connectivity index is 2.51. The van der Waals surface area contributed by atoms with E-state index in [1.165, 1.54) is 0 Å². The molecule has 0 bridgehead atoms. The molecule has 0 radical (unpaired) electrons. The number of carbonyl (C=O) groups excluding carboxylic acids is 1. The van der Waals surface area contributed by atoms with Gasteiger partial charge in [0.1, 0.15) is 6.61 Å². The number of halogens is 1. The Hall–Kier alpha value is -2.02. The molecule has 0 aliphatic heterocycles. The molecule has 1 aromatic rings. The largest absolute Gasteiger partial charge is 0.460 e. The summed E-state index contributed by atoms with van der Waals surface area (Å²) in [7, 11) is 0. The van der Waals surface area contributed by atoms with Gasteiger partial charge in [-0.15, -0.1) is 0 Å². The topological polar surface area (TPSA) is 78.7 Å². The molecule has 0 aliphatic carbocycles. The average Bonchev–Trinajstić information content (AvgIpc) is 2.37. The van der Waals surface area contributed by atoms with E-state index >= 15 is 0 Å². The number of hydrogen-bond donors (Lipinski definition) is 0. The highest BCUT2D eigenvalue weighted by Gasteiger charge is 2.18. The van der Waals surface area contributed by atoms with Crippen LogP contribution in [0.1, 0.15) is 24.2 Å². The summed E-state index contributed by atoms with van der Waals surface area (Å²) < 4.78 is 23.2. The van der Waals surface area contributed by atoms with Gasteiger partial charge in [0.2, 0.25) is 5.82 Å². The van der Waals surface area contributed by atoms with E-state index in [0.717, 1.165) is 18.2 Å². The molecule has 20 heavy (non-hydrogen) atoms. The van der Waals surface area contributed by atoms with Gasteiger partial charge < -0.3 is 9.47 Å². The molecular weight excluding hydrogens is 269 g/mol. The summed E-state index contributed by atoms with van der Waals surface area (Å²) in [5, 5.41) is 10.6. The van der Waals surface area contributed by atoms with Gasteiger partial charge in [0.05, 0.1) is 17.1 Å². The summed E-state index contributed by atoms with van der Waals surface area (Å²) in [4.78, 5) is 21.3. The highest BCUT2D eigenvalue weighted by Crippen LogP contribution is 2.18. The maximum atomic E-state index is 13.1. The predicted octanol–water partition coefficient (Wildman–Crippen LogP) is 2.56. The van der Waals surface area contributed by atoms with Gasteiger partial charge >= 0.3 is 11.7 Å². The van der Waals surface area contributed by atoms with Crippen molar-refractivity contribution >= 4 is 11.7 Å². The molecule has 0 aromatic heterocycles. The molecule has 0 saturated heterocycles. The lowest BCUT2D eigenvalue weighted by Gasteiger charge is -2.07. The number of hydrogen-bond acceptors (Lipinski definition) is 5. The number of nitro benzene ring substituents is 1. The first-order chi connectivity index (χ1) is 9.41. The van der Waals surface area contributed by atoms with Crippen LogP contribution >= 0.6 is 0 Å². The van der Waals surface area contributed by atoms with Gasteiger partial charge in [-0.1, -0.05) is 13.8 Å². The van der Waals surface area contributed by atoms with Crippen molar-refractivity contribution in [3.05, 3.63) is 39.7 Å². The van der Waals surface area contributed by atoms with E-state index in [-0.39, 0.29) is 18.8 Å². The third-order valence-corrected chi connectivity index (χ3v) is 2.29. The van der Waals surface area contributed by atoms with Gasteiger partial charge in [0, 0.05) is 12.7 Å². The maximum Gasteiger partial charge on any atom is 0.338 e. The second-order valence-electron chi connectivity index (χ2n) is 4.53. The first kappa shape index (κ1) is 16.0. The van der Waals surface area contributed by atoms with Crippen LogP contribution < -0.4 is 0 Å². The molecular formula is C13H16FNO5. The Morgan fingerprint density at radius 2 is 2.10 bits per heavy atom. The van der Waals surface area contributed by atoms with Crippen LogP contribution in [-0.4, -0.2) is 30.7 Å². The Morgan fingerprint density at radius 1 is 1.40 bits per heavy atom. The quantitative estimate of drug-likeness (QED) is 0.333. The fourth-order valence-corrected chi connectivity index (χ4v) is 1.38. The van der Waals surface area contributed by atoms with Crippen LogP contribution in [0.4, 0.5) is 10.1 Å². The van der Waals surface area contributed by atoms with Gasteiger partial charge in [-0.2, -0.15) is 4.39 Å². The smallest absolute Gasteiger partial charge is 0.338 e. The van der Waals surface area contributed by atoms with Gasteiger partial charge in [-0.25, -0.2) is 4.79 Å². The zero-order valence-corrected chi connectivity index (χ0v) is 11.3. The molecule has 1 aromatic carbocycles. The molecule has 110 valence electrons. The van der Waals surface area contributed by atoms with E-state index in [0.29, 0.717) is 12.5 Å². The van der Waals surface area contributed by atoms with Crippen molar-refractivity contribution < 1.29 is 23.6 Å². The van der Waals surface area contributed by atoms with Crippen LogP contribution in [0.2, 0.25) is 0 Å². The summed E-state index contributed by atoms with van der Waals surface area (Å²) in [6.45, 7) is 4.82. The van der Waals surface area contributed by atoms with E-state index in [9.17, 15) is 19.3 Å². The van der Waals surface area contributed by atoms with E-state index in [4.69, 9.17) is 9.47 Å². The molecule has 0 aliphatic rings. The molecule has 0 atom stereocenters. The van der Waals surface area contributed by atoms with Crippen LogP contribution in [-0.2, 0) is 9.47 Å². The number of ether oxygens (including phenoxy) is 2. The monoisotopic (exact) mass is 285 g/mol. The van der Waals surface area contributed by atoms with Gasteiger partial charge in [0.15, 0.2) is 0 Å². The minimum Gasteiger partial charge on any atom is -0.460 e. The van der Waals surface area contributed by atoms with Crippen molar-refractivity contribution in [2.75, 3.05) is 19.8 Å². The number of esters is 1. The number of carbonyl (C=O) groups is 1. The van der Waals surface area contributed by atoms with Crippen molar-refractivity contribution in [3.8, 4) is 0 Å². The summed E-state index contributed by atoms with van der Waals surface area (Å²) in [5.41, 5.74) is -0.822. The van der Waals surface area contributed by atoms with E-state index in [2.05, 4.69) is 0 Å². The number of nitro groups is 1. The summed E-state index contributed by atoms with van der Waals surface area (Å²) >= 11 is 0. The van der Waals surface area contributed by atoms with Gasteiger partial charge in [-0.05, 0) is 18.1 Å². The maximum absolute atomic E-state index is 13.1. The molecule has 0 spiro atoms. The second-order valence-corrected chi connectivity index (χ2v) is 4.53. The molecule has 0 fully saturated rings. The summed E-state index contributed by atoms with van der Waals surface area (Å²) in [6, 6.07) is 2.86. The Kier molecular flexibility index (Phi) is 6.05. The fraction of sp³-hybridized carbons (Fsp3) is 0.462. The molecule has 0 N–H and O–H groups in total. The minimum atomic E-state index is -0.994. The van der Waals surface area contributed by atoms with Crippen LogP contribution in [0, 0.1) is 21.8 Å². The molecule has 0 unspecified atom stereocenters. The molecule has 0 saturated carbocycles. The zero-order valence-electron chi connectivity index (χ0n) is 11.3. The predicted molar refractivity (Wildman–Crippen MR) is 69.0 cm³/mol. The molecule has 0 heterocycles. The summed E-state index contributed by atoms with van der Waals surface area (Å²) in [6.07, 6.45) is 0. The van der Waals surface area contributed by atoms with Crippen LogP contribution in [0.5, 0.6) is 0 Å². The number of benzene rings is 1. The van der Waals surface area contributed by atoms with Gasteiger partial charge in [-0.3, -0.25) is 10.1 Å². The van der Waals surface area contributed by atoms with Crippen molar-refractivity contribution in [1.29, 1.82) is 0 Å². The lowest BCUT2D eigenvalue weighted by atomic mass is 10.2. The van der Waals surface area contributed by atoms with Gasteiger partial charge in [0.25, 0.3) is 0 Å². The highest BCUT2D eigenvalue weighted by molar-refractivity contribution is 5.90.